The summed E-state index contributed by atoms with van der Waals surface area (Å²) >= 11 is 7.68. The van der Waals surface area contributed by atoms with Crippen LogP contribution in [-0.4, -0.2) is 36.4 Å². The van der Waals surface area contributed by atoms with Gasteiger partial charge in [0.05, 0.1) is 11.5 Å². The minimum atomic E-state index is -0.0401. The van der Waals surface area contributed by atoms with E-state index >= 15 is 0 Å². The predicted octanol–water partition coefficient (Wildman–Crippen LogP) is 0.249. The van der Waals surface area contributed by atoms with E-state index in [1.165, 1.54) is 0 Å². The fourth-order valence-corrected chi connectivity index (χ4v) is 1.22. The smallest absolute Gasteiger partial charge is 0.229 e. The molecule has 2 amide bonds. The van der Waals surface area contributed by atoms with Crippen molar-refractivity contribution in [2.24, 2.45) is 0 Å². The van der Waals surface area contributed by atoms with Gasteiger partial charge in [-0.2, -0.15) is 25.3 Å². The van der Waals surface area contributed by atoms with E-state index in [-0.39, 0.29) is 23.3 Å². The van der Waals surface area contributed by atoms with Gasteiger partial charge in [-0.25, -0.2) is 0 Å². The predicted molar refractivity (Wildman–Crippen MR) is 67.6 cm³/mol. The maximum Gasteiger partial charge on any atom is 0.229 e. The molecule has 0 aromatic rings. The zero-order valence-electron chi connectivity index (χ0n) is 8.66. The summed E-state index contributed by atoms with van der Waals surface area (Å²) in [5, 5.41) is 5.46. The number of carbonyl (C=O) groups excluding carboxylic acids is 2. The number of rotatable bonds is 8. The van der Waals surface area contributed by atoms with Gasteiger partial charge in [0.2, 0.25) is 11.8 Å². The van der Waals surface area contributed by atoms with Gasteiger partial charge in [0.25, 0.3) is 0 Å². The monoisotopic (exact) mass is 250 g/mol. The molecule has 0 aliphatic carbocycles. The number of hydrogen-bond acceptors (Lipinski definition) is 4. The molecule has 0 aliphatic heterocycles. The SMILES string of the molecule is O=C(CS)NCCCCCNC(=O)CS. The van der Waals surface area contributed by atoms with E-state index in [4.69, 9.17) is 0 Å². The van der Waals surface area contributed by atoms with Crippen LogP contribution in [0.25, 0.3) is 0 Å². The third-order valence-corrected chi connectivity index (χ3v) is 2.36. The number of unbranched alkanes of at least 4 members (excludes halogenated alkanes) is 2. The Bertz CT molecular complexity index is 181. The number of nitrogens with one attached hydrogen (secondary N) is 2. The van der Waals surface area contributed by atoms with Gasteiger partial charge >= 0.3 is 0 Å². The first kappa shape index (κ1) is 14.6. The molecule has 0 radical (unpaired) electrons. The number of carbonyl (C=O) groups is 2. The van der Waals surface area contributed by atoms with E-state index in [0.29, 0.717) is 13.1 Å². The fourth-order valence-electron chi connectivity index (χ4n) is 0.994. The third kappa shape index (κ3) is 9.93. The molecule has 0 rings (SSSR count). The van der Waals surface area contributed by atoms with Crippen molar-refractivity contribution in [2.75, 3.05) is 24.6 Å². The molecule has 0 unspecified atom stereocenters. The topological polar surface area (TPSA) is 58.2 Å². The highest BCUT2D eigenvalue weighted by atomic mass is 32.1. The lowest BCUT2D eigenvalue weighted by Crippen LogP contribution is -2.26. The Morgan fingerprint density at radius 2 is 1.20 bits per heavy atom. The average Bonchev–Trinajstić information content (AvgIpc) is 2.26. The van der Waals surface area contributed by atoms with Gasteiger partial charge in [-0.3, -0.25) is 9.59 Å². The summed E-state index contributed by atoms with van der Waals surface area (Å²) in [6.45, 7) is 1.36. The summed E-state index contributed by atoms with van der Waals surface area (Å²) in [6.07, 6.45) is 2.84. The highest BCUT2D eigenvalue weighted by Crippen LogP contribution is 1.92. The number of amides is 2. The van der Waals surface area contributed by atoms with Gasteiger partial charge < -0.3 is 10.6 Å². The van der Waals surface area contributed by atoms with Gasteiger partial charge in [0.15, 0.2) is 0 Å². The maximum atomic E-state index is 10.8. The van der Waals surface area contributed by atoms with Crippen molar-refractivity contribution in [1.29, 1.82) is 0 Å². The highest BCUT2D eigenvalue weighted by molar-refractivity contribution is 7.81. The van der Waals surface area contributed by atoms with E-state index in [0.717, 1.165) is 19.3 Å². The first-order valence-electron chi connectivity index (χ1n) is 4.95. The lowest BCUT2D eigenvalue weighted by Gasteiger charge is -2.04. The molecule has 0 atom stereocenters. The molecular formula is C9H18N2O2S2. The molecule has 0 aliphatic rings. The molecule has 0 aromatic carbocycles. The second kappa shape index (κ2) is 10.2. The number of thiol groups is 2. The van der Waals surface area contributed by atoms with Gasteiger partial charge in [-0.05, 0) is 19.3 Å². The Morgan fingerprint density at radius 1 is 0.800 bits per heavy atom. The van der Waals surface area contributed by atoms with Crippen molar-refractivity contribution in [3.05, 3.63) is 0 Å². The molecule has 0 saturated carbocycles. The van der Waals surface area contributed by atoms with Crippen molar-refractivity contribution in [3.8, 4) is 0 Å². The van der Waals surface area contributed by atoms with Crippen LogP contribution < -0.4 is 10.6 Å². The Balaban J connectivity index is 3.11. The lowest BCUT2D eigenvalue weighted by atomic mass is 10.2. The Hall–Kier alpha value is -0.360. The summed E-state index contributed by atoms with van der Waals surface area (Å²) in [5.74, 6) is 0.388. The van der Waals surface area contributed by atoms with Crippen molar-refractivity contribution in [1.82, 2.24) is 10.6 Å². The maximum absolute atomic E-state index is 10.8. The van der Waals surface area contributed by atoms with Gasteiger partial charge in [-0.15, -0.1) is 0 Å². The molecule has 6 heteroatoms. The highest BCUT2D eigenvalue weighted by Gasteiger charge is 1.97. The van der Waals surface area contributed by atoms with Crippen LogP contribution in [-0.2, 0) is 9.59 Å². The molecule has 88 valence electrons. The largest absolute Gasteiger partial charge is 0.355 e. The Kier molecular flexibility index (Phi) is 9.92. The van der Waals surface area contributed by atoms with E-state index in [2.05, 4.69) is 35.9 Å². The molecule has 0 aromatic heterocycles. The molecular weight excluding hydrogens is 232 g/mol. The van der Waals surface area contributed by atoms with Gasteiger partial charge in [0, 0.05) is 13.1 Å². The summed E-state index contributed by atoms with van der Waals surface area (Å²) < 4.78 is 0. The molecule has 0 saturated heterocycles. The molecule has 0 heterocycles. The zero-order valence-corrected chi connectivity index (χ0v) is 10.4. The van der Waals surface area contributed by atoms with Gasteiger partial charge in [0.1, 0.15) is 0 Å². The normalized spacial score (nSPS) is 9.73. The van der Waals surface area contributed by atoms with Crippen LogP contribution in [0.1, 0.15) is 19.3 Å². The second-order valence-electron chi connectivity index (χ2n) is 3.08. The lowest BCUT2D eigenvalue weighted by molar-refractivity contribution is -0.119. The van der Waals surface area contributed by atoms with E-state index in [1.807, 2.05) is 0 Å². The van der Waals surface area contributed by atoms with Crippen molar-refractivity contribution >= 4 is 37.1 Å². The molecule has 0 bridgehead atoms. The summed E-state index contributed by atoms with van der Waals surface area (Å²) in [5.41, 5.74) is 0. The van der Waals surface area contributed by atoms with Crippen LogP contribution in [0.3, 0.4) is 0 Å². The number of hydrogen-bond donors (Lipinski definition) is 4. The quantitative estimate of drug-likeness (QED) is 0.369. The zero-order chi connectivity index (χ0) is 11.5. The minimum absolute atomic E-state index is 0.0401. The minimum Gasteiger partial charge on any atom is -0.355 e. The van der Waals surface area contributed by atoms with Crippen molar-refractivity contribution in [3.63, 3.8) is 0 Å². The molecule has 2 N–H and O–H groups in total. The third-order valence-electron chi connectivity index (χ3n) is 1.79. The van der Waals surface area contributed by atoms with E-state index in [1.54, 1.807) is 0 Å². The second-order valence-corrected chi connectivity index (χ2v) is 3.71. The van der Waals surface area contributed by atoms with Crippen LogP contribution in [0.2, 0.25) is 0 Å². The van der Waals surface area contributed by atoms with Crippen LogP contribution in [0.15, 0.2) is 0 Å². The molecule has 0 fully saturated rings. The Labute approximate surface area is 101 Å². The summed E-state index contributed by atoms with van der Waals surface area (Å²) in [7, 11) is 0. The molecule has 0 spiro atoms. The van der Waals surface area contributed by atoms with Crippen molar-refractivity contribution in [2.45, 2.75) is 19.3 Å². The Morgan fingerprint density at radius 3 is 1.53 bits per heavy atom. The molecule has 15 heavy (non-hydrogen) atoms. The van der Waals surface area contributed by atoms with Crippen LogP contribution in [0.4, 0.5) is 0 Å². The summed E-state index contributed by atoms with van der Waals surface area (Å²) in [6, 6.07) is 0. The fraction of sp³-hybridized carbons (Fsp3) is 0.778. The van der Waals surface area contributed by atoms with Crippen LogP contribution in [0, 0.1) is 0 Å². The molecule has 4 nitrogen and oxygen atoms in total. The summed E-state index contributed by atoms with van der Waals surface area (Å²) in [4.78, 5) is 21.6. The average molecular weight is 250 g/mol. The van der Waals surface area contributed by atoms with Gasteiger partial charge in [-0.1, -0.05) is 0 Å². The van der Waals surface area contributed by atoms with Crippen LogP contribution >= 0.6 is 25.3 Å². The van der Waals surface area contributed by atoms with E-state index < -0.39 is 0 Å². The first-order valence-corrected chi connectivity index (χ1v) is 6.22. The van der Waals surface area contributed by atoms with E-state index in [9.17, 15) is 9.59 Å². The van der Waals surface area contributed by atoms with Crippen LogP contribution in [0.5, 0.6) is 0 Å². The first-order chi connectivity index (χ1) is 7.20. The van der Waals surface area contributed by atoms with Crippen molar-refractivity contribution < 1.29 is 9.59 Å². The standard InChI is InChI=1S/C9H18N2O2S2/c12-8(6-14)10-4-2-1-3-5-11-9(13)7-15/h14-15H,1-7H2,(H,10,12)(H,11,13).